The number of fused-ring (bicyclic) bond motifs is 4. The summed E-state index contributed by atoms with van der Waals surface area (Å²) < 4.78 is 12.7. The summed E-state index contributed by atoms with van der Waals surface area (Å²) in [4.78, 5) is 1.62. The monoisotopic (exact) mass is 414 g/mol. The molecule has 1 atom stereocenters. The minimum absolute atomic E-state index is 0.140. The third kappa shape index (κ3) is 3.25. The molecular formula is C26H28N3O2+. The van der Waals surface area contributed by atoms with Crippen molar-refractivity contribution in [3.63, 3.8) is 0 Å². The number of rotatable bonds is 3. The van der Waals surface area contributed by atoms with E-state index in [1.165, 1.54) is 11.1 Å². The second-order valence-electron chi connectivity index (χ2n) is 8.92. The van der Waals surface area contributed by atoms with Crippen LogP contribution in [0.25, 0.3) is 5.70 Å². The summed E-state index contributed by atoms with van der Waals surface area (Å²) in [6, 6.07) is 23.4. The van der Waals surface area contributed by atoms with E-state index in [2.05, 4.69) is 71.1 Å². The maximum Gasteiger partial charge on any atom is 0.191 e. The lowest BCUT2D eigenvalue weighted by Gasteiger charge is -2.50. The van der Waals surface area contributed by atoms with Crippen molar-refractivity contribution in [1.82, 2.24) is 10.4 Å². The third-order valence-electron chi connectivity index (χ3n) is 6.86. The highest BCUT2D eigenvalue weighted by atomic mass is 16.5. The predicted molar refractivity (Wildman–Crippen MR) is 119 cm³/mol. The first-order chi connectivity index (χ1) is 15.2. The molecule has 4 heterocycles. The zero-order valence-electron chi connectivity index (χ0n) is 17.8. The van der Waals surface area contributed by atoms with Gasteiger partial charge in [0.2, 0.25) is 0 Å². The lowest BCUT2D eigenvalue weighted by Crippen LogP contribution is -3.12. The highest BCUT2D eigenvalue weighted by Gasteiger charge is 2.52. The number of furan rings is 1. The van der Waals surface area contributed by atoms with Crippen LogP contribution in [0, 0.1) is 6.92 Å². The van der Waals surface area contributed by atoms with Gasteiger partial charge in [0.05, 0.1) is 37.7 Å². The van der Waals surface area contributed by atoms with Crippen molar-refractivity contribution in [1.29, 1.82) is 0 Å². The first kappa shape index (κ1) is 18.7. The van der Waals surface area contributed by atoms with Gasteiger partial charge in [0.25, 0.3) is 0 Å². The Morgan fingerprint density at radius 1 is 1.00 bits per heavy atom. The summed E-state index contributed by atoms with van der Waals surface area (Å²) in [5.74, 6) is 2.81. The average molecular weight is 415 g/mol. The van der Waals surface area contributed by atoms with Gasteiger partial charge >= 0.3 is 0 Å². The number of para-hydroxylation sites is 1. The molecule has 158 valence electrons. The number of quaternary nitrogens is 1. The van der Waals surface area contributed by atoms with Gasteiger partial charge in [0.1, 0.15) is 18.1 Å². The molecule has 0 aliphatic carbocycles. The number of benzene rings is 2. The van der Waals surface area contributed by atoms with E-state index in [0.717, 1.165) is 55.4 Å². The fourth-order valence-corrected chi connectivity index (χ4v) is 5.24. The Morgan fingerprint density at radius 3 is 2.55 bits per heavy atom. The molecule has 1 saturated heterocycles. The number of piperidine rings is 1. The minimum Gasteiger partial charge on any atom is -0.470 e. The van der Waals surface area contributed by atoms with Gasteiger partial charge in [0, 0.05) is 11.1 Å². The van der Waals surface area contributed by atoms with E-state index in [4.69, 9.17) is 9.15 Å². The summed E-state index contributed by atoms with van der Waals surface area (Å²) in [6.07, 6.45) is 4.24. The second kappa shape index (κ2) is 7.29. The number of aryl methyl sites for hydroxylation is 1. The van der Waals surface area contributed by atoms with Crippen LogP contribution in [-0.4, -0.2) is 23.8 Å². The van der Waals surface area contributed by atoms with Crippen LogP contribution in [0.1, 0.15) is 41.5 Å². The highest BCUT2D eigenvalue weighted by Crippen LogP contribution is 2.47. The number of nitrogens with one attached hydrogen (secondary N) is 2. The van der Waals surface area contributed by atoms with Gasteiger partial charge in [-0.05, 0) is 31.2 Å². The normalized spacial score (nSPS) is 27.2. The summed E-state index contributed by atoms with van der Waals surface area (Å²) in [5.41, 5.74) is 6.94. The van der Waals surface area contributed by atoms with Crippen molar-refractivity contribution in [3.05, 3.63) is 95.5 Å². The predicted octanol–water partition coefficient (Wildman–Crippen LogP) is 3.46. The zero-order valence-corrected chi connectivity index (χ0v) is 17.8. The van der Waals surface area contributed by atoms with Crippen LogP contribution in [-0.2, 0) is 6.54 Å². The van der Waals surface area contributed by atoms with Crippen LogP contribution < -0.4 is 15.1 Å². The van der Waals surface area contributed by atoms with Crippen LogP contribution in [0.5, 0.6) is 5.75 Å². The third-order valence-corrected chi connectivity index (χ3v) is 6.86. The molecule has 6 rings (SSSR count). The molecule has 1 aromatic heterocycles. The first-order valence-corrected chi connectivity index (χ1v) is 11.2. The highest BCUT2D eigenvalue weighted by molar-refractivity contribution is 5.64. The molecule has 3 aliphatic rings. The fourth-order valence-electron chi connectivity index (χ4n) is 5.24. The number of hydrazine groups is 1. The average Bonchev–Trinajstić information content (AvgIpc) is 3.44. The van der Waals surface area contributed by atoms with E-state index in [0.29, 0.717) is 0 Å². The van der Waals surface area contributed by atoms with Crippen LogP contribution in [0.2, 0.25) is 0 Å². The van der Waals surface area contributed by atoms with Crippen molar-refractivity contribution in [2.75, 3.05) is 13.1 Å². The van der Waals surface area contributed by atoms with Crippen LogP contribution >= 0.6 is 0 Å². The minimum atomic E-state index is -0.348. The van der Waals surface area contributed by atoms with E-state index >= 15 is 0 Å². The standard InChI is InChI=1S/C26H27N3O2/c1-19-11-12-25(30-19)22-17-23-21-9-5-6-10-24(21)31-26(29(23)27-22)13-15-28(16-14-26)18-20-7-3-2-4-8-20/h2-12,17,23,27H,13-16,18H2,1H3/p+1/t23-/m0/s1. The molecule has 2 N–H and O–H groups in total. The van der Waals surface area contributed by atoms with Crippen molar-refractivity contribution in [2.24, 2.45) is 0 Å². The Morgan fingerprint density at radius 2 is 1.77 bits per heavy atom. The largest absolute Gasteiger partial charge is 0.470 e. The van der Waals surface area contributed by atoms with Crippen molar-refractivity contribution < 1.29 is 14.1 Å². The van der Waals surface area contributed by atoms with Crippen LogP contribution in [0.15, 0.2) is 77.2 Å². The lowest BCUT2D eigenvalue weighted by molar-refractivity contribution is -0.921. The van der Waals surface area contributed by atoms with Crippen molar-refractivity contribution >= 4 is 5.70 Å². The van der Waals surface area contributed by atoms with Gasteiger partial charge < -0.3 is 19.5 Å². The number of hydrogen-bond donors (Lipinski definition) is 2. The number of hydrogen-bond acceptors (Lipinski definition) is 4. The number of likely N-dealkylation sites (tertiary alicyclic amines) is 1. The maximum atomic E-state index is 6.75. The molecule has 3 aliphatic heterocycles. The Balaban J connectivity index is 1.28. The smallest absolute Gasteiger partial charge is 0.191 e. The van der Waals surface area contributed by atoms with Crippen molar-refractivity contribution in [2.45, 2.75) is 38.1 Å². The van der Waals surface area contributed by atoms with E-state index < -0.39 is 0 Å². The Hall–Kier alpha value is -3.02. The summed E-state index contributed by atoms with van der Waals surface area (Å²) in [5, 5.41) is 2.34. The number of nitrogens with zero attached hydrogens (tertiary/aromatic N) is 1. The Labute approximate surface area is 182 Å². The van der Waals surface area contributed by atoms with E-state index in [1.54, 1.807) is 4.90 Å². The van der Waals surface area contributed by atoms with E-state index in [9.17, 15) is 0 Å². The lowest BCUT2D eigenvalue weighted by atomic mass is 9.92. The molecule has 0 bridgehead atoms. The molecule has 1 spiro atoms. The van der Waals surface area contributed by atoms with Crippen LogP contribution in [0.4, 0.5) is 0 Å². The summed E-state index contributed by atoms with van der Waals surface area (Å²) in [6.45, 7) is 5.21. The van der Waals surface area contributed by atoms with Gasteiger partial charge in [-0.1, -0.05) is 48.5 Å². The summed E-state index contributed by atoms with van der Waals surface area (Å²) >= 11 is 0. The van der Waals surface area contributed by atoms with Crippen LogP contribution in [0.3, 0.4) is 0 Å². The fraction of sp³-hybridized carbons (Fsp3) is 0.308. The maximum absolute atomic E-state index is 6.75. The van der Waals surface area contributed by atoms with Gasteiger partial charge in [0.15, 0.2) is 11.5 Å². The van der Waals surface area contributed by atoms with Crippen molar-refractivity contribution in [3.8, 4) is 5.75 Å². The first-order valence-electron chi connectivity index (χ1n) is 11.2. The second-order valence-corrected chi connectivity index (χ2v) is 8.92. The Bertz CT molecular complexity index is 1110. The molecule has 0 saturated carbocycles. The molecule has 2 aromatic carbocycles. The van der Waals surface area contributed by atoms with Gasteiger partial charge in [-0.25, -0.2) is 0 Å². The van der Waals surface area contributed by atoms with E-state index in [-0.39, 0.29) is 11.8 Å². The van der Waals surface area contributed by atoms with Gasteiger partial charge in [-0.15, -0.1) is 0 Å². The molecule has 0 unspecified atom stereocenters. The zero-order chi connectivity index (χ0) is 20.8. The quantitative estimate of drug-likeness (QED) is 0.689. The summed E-state index contributed by atoms with van der Waals surface area (Å²) in [7, 11) is 0. The molecule has 3 aromatic rings. The number of ether oxygens (including phenoxy) is 1. The topological polar surface area (TPSA) is 42.1 Å². The molecule has 5 nitrogen and oxygen atoms in total. The molecule has 31 heavy (non-hydrogen) atoms. The van der Waals surface area contributed by atoms with Gasteiger partial charge in [-0.2, -0.15) is 5.01 Å². The Kier molecular flexibility index (Phi) is 4.40. The molecule has 0 amide bonds. The van der Waals surface area contributed by atoms with E-state index in [1.807, 2.05) is 19.1 Å². The van der Waals surface area contributed by atoms with Gasteiger partial charge in [-0.3, -0.25) is 0 Å². The SMILES string of the molecule is Cc1ccc(C2=C[C@H]3c4ccccc4OC4(CC[NH+](Cc5ccccc5)CC4)N3N2)o1. The molecule has 5 heteroatoms. The molecule has 1 fully saturated rings. The molecular weight excluding hydrogens is 386 g/mol. The molecule has 0 radical (unpaired) electrons.